The lowest BCUT2D eigenvalue weighted by Crippen LogP contribution is -2.42. The molecule has 3 fully saturated rings. The van der Waals surface area contributed by atoms with Crippen molar-refractivity contribution in [3.8, 4) is 46.0 Å². The van der Waals surface area contributed by atoms with Crippen LogP contribution >= 0.6 is 23.5 Å². The summed E-state index contributed by atoms with van der Waals surface area (Å²) >= 11 is 2.63. The van der Waals surface area contributed by atoms with E-state index in [9.17, 15) is 57.8 Å². The normalized spacial score (nSPS) is 18.2. The Morgan fingerprint density at radius 2 is 0.768 bits per heavy atom. The Kier molecular flexibility index (Phi) is 36.9. The van der Waals surface area contributed by atoms with Gasteiger partial charge in [0.25, 0.3) is 0 Å². The number of carbonyl (C=O) groups excluding carboxylic acids is 10. The Labute approximate surface area is 835 Å². The molecule has 0 aromatic heterocycles. The number of likely N-dealkylation sites (tertiary alicyclic amines) is 3. The molecule has 1 N–H and O–H groups in total. The predicted octanol–water partition coefficient (Wildman–Crippen LogP) is 18.7. The highest BCUT2D eigenvalue weighted by molar-refractivity contribution is 8.01. The monoisotopic (exact) mass is 1960 g/mol. The number of hydrogen-bond donors (Lipinski definition) is 1. The SMILES string of the molecule is COC(=O)C1(Sc2ccc(C)cc2)CC(=O)N(Cc2ccc(OC)cc2OC)C1c1ccccc1.COC(=O)C1=C(c2ccccc2)N(Cc2ccc(OC)cc2OC)C(=O)C1(C)C.COC(=O)C1C(c2ccccc2)N(Cc2ccc(OC)cc2OC)C(=O)C1(C)C.COc1ccc(CN2C(=O)CC(Sc3ccc(C)cc3)(C(=O)O)C2c2ccccc2)c(OC)c1.O=C1C=CC(=O)O1.O=Cc1ccccc1. The van der Waals surface area contributed by atoms with Crippen LogP contribution in [0.15, 0.2) is 301 Å². The summed E-state index contributed by atoms with van der Waals surface area (Å²) in [4.78, 5) is 144. The zero-order valence-corrected chi connectivity index (χ0v) is 83.8. The largest absolute Gasteiger partial charge is 0.497 e. The number of carbonyl (C=O) groups is 11. The van der Waals surface area contributed by atoms with Gasteiger partial charge < -0.3 is 81.5 Å². The molecule has 142 heavy (non-hydrogen) atoms. The minimum Gasteiger partial charge on any atom is -0.497 e. The first-order valence-corrected chi connectivity index (χ1v) is 46.8. The van der Waals surface area contributed by atoms with Gasteiger partial charge in [-0.05, 0) is 123 Å². The van der Waals surface area contributed by atoms with E-state index in [-0.39, 0.29) is 62.1 Å². The number of aliphatic carboxylic acids is 1. The lowest BCUT2D eigenvalue weighted by atomic mass is 9.76. The molecule has 30 heteroatoms. The number of nitrogens with zero attached hydrogens (tertiary/aromatic N) is 4. The van der Waals surface area contributed by atoms with E-state index in [2.05, 4.69) is 4.74 Å². The lowest BCUT2D eigenvalue weighted by Gasteiger charge is -2.35. The van der Waals surface area contributed by atoms with Gasteiger partial charge in [-0.25, -0.2) is 14.4 Å². The highest BCUT2D eigenvalue weighted by Gasteiger charge is 2.62. The molecule has 4 amide bonds. The number of cyclic esters (lactones) is 2. The second-order valence-electron chi connectivity index (χ2n) is 34.4. The van der Waals surface area contributed by atoms with Crippen LogP contribution in [0.1, 0.15) is 125 Å². The summed E-state index contributed by atoms with van der Waals surface area (Å²) in [5.74, 6) is 0.358. The molecular weight excluding hydrogens is 1850 g/mol. The molecule has 740 valence electrons. The number of rotatable bonds is 29. The Balaban J connectivity index is 0.000000172. The van der Waals surface area contributed by atoms with E-state index >= 15 is 0 Å². The molecule has 0 spiro atoms. The number of thioether (sulfide) groups is 2. The summed E-state index contributed by atoms with van der Waals surface area (Å²) < 4.78 is 60.2. The van der Waals surface area contributed by atoms with Crippen LogP contribution < -0.4 is 37.9 Å². The van der Waals surface area contributed by atoms with Crippen LogP contribution in [0.2, 0.25) is 0 Å². The van der Waals surface area contributed by atoms with Crippen molar-refractivity contribution >= 4 is 95.0 Å². The standard InChI is InChI=1S/C28H29NO5S.C27H27NO5S.C23H27NO5.C23H25NO5.C7H6O.C4H2O3/c1-19-10-14-23(15-11-19)35-28(27(31)34-4)17-25(30)29(26(28)20-8-6-5-7-9-20)18-21-12-13-22(32-2)16-24(21)33-3;1-18-9-13-22(14-10-18)34-27(26(30)31)16-24(29)28(25(27)19-7-5-4-6-8-19)17-20-11-12-21(32-2)15-23(20)33-3;2*1-23(2)19(21(25)29-5)20(15-9-7-6-8-10-15)24(22(23)26)14-16-11-12-17(27-3)13-18(16)28-4;8-6-7-4-2-1-3-5-7;5-3-1-2-4(6)7-3/h5-16,26H,17-18H2,1-4H3;4-15,25H,16-17H2,1-3H3,(H,30,31);6-13,19-20H,14H2,1-5H3;6-13H,14H2,1-5H3;1-6H;1-2H. The van der Waals surface area contributed by atoms with Crippen LogP contribution in [-0.4, -0.2) is 178 Å². The van der Waals surface area contributed by atoms with E-state index in [1.165, 1.54) is 44.9 Å². The van der Waals surface area contributed by atoms with E-state index in [1.807, 2.05) is 244 Å². The summed E-state index contributed by atoms with van der Waals surface area (Å²) in [5.41, 5.74) is 8.50. The fraction of sp³-hybridized carbons (Fsp3) is 0.277. The smallest absolute Gasteiger partial charge is 0.338 e. The van der Waals surface area contributed by atoms with Crippen molar-refractivity contribution in [1.82, 2.24) is 19.6 Å². The van der Waals surface area contributed by atoms with Gasteiger partial charge in [0.1, 0.15) is 52.3 Å². The highest BCUT2D eigenvalue weighted by Crippen LogP contribution is 2.57. The van der Waals surface area contributed by atoms with Crippen molar-refractivity contribution in [2.75, 3.05) is 78.2 Å². The maximum absolute atomic E-state index is 13.6. The van der Waals surface area contributed by atoms with Gasteiger partial charge in [0.05, 0.1) is 144 Å². The fourth-order valence-electron chi connectivity index (χ4n) is 17.5. The number of aryl methyl sites for hydroxylation is 2. The molecule has 11 aromatic carbocycles. The average molecular weight is 1970 g/mol. The molecule has 0 saturated carbocycles. The van der Waals surface area contributed by atoms with E-state index in [1.54, 1.807) is 147 Å². The number of ether oxygens (including phenoxy) is 12. The maximum Gasteiger partial charge on any atom is 0.338 e. The van der Waals surface area contributed by atoms with Gasteiger partial charge in [0.2, 0.25) is 23.6 Å². The van der Waals surface area contributed by atoms with Crippen LogP contribution in [0.25, 0.3) is 5.70 Å². The summed E-state index contributed by atoms with van der Waals surface area (Å²) in [6.45, 7) is 12.1. The Morgan fingerprint density at radius 1 is 0.408 bits per heavy atom. The molecule has 6 atom stereocenters. The maximum atomic E-state index is 13.6. The van der Waals surface area contributed by atoms with E-state index < -0.39 is 74.2 Å². The van der Waals surface area contributed by atoms with Crippen LogP contribution in [0.3, 0.4) is 0 Å². The number of aldehydes is 1. The van der Waals surface area contributed by atoms with Gasteiger partial charge in [-0.3, -0.25) is 38.4 Å². The van der Waals surface area contributed by atoms with Crippen LogP contribution in [0.5, 0.6) is 46.0 Å². The number of esters is 5. The minimum absolute atomic E-state index is 0.0241. The first kappa shape index (κ1) is 107. The Hall–Kier alpha value is -15.4. The molecule has 28 nitrogen and oxygen atoms in total. The third kappa shape index (κ3) is 24.7. The topological polar surface area (TPSA) is 332 Å². The Morgan fingerprint density at radius 3 is 1.11 bits per heavy atom. The van der Waals surface area contributed by atoms with Gasteiger partial charge in [0, 0.05) is 93.7 Å². The van der Waals surface area contributed by atoms with E-state index in [4.69, 9.17) is 52.1 Å². The van der Waals surface area contributed by atoms with Crippen molar-refractivity contribution in [2.24, 2.45) is 16.7 Å². The minimum atomic E-state index is -1.38. The summed E-state index contributed by atoms with van der Waals surface area (Å²) in [5, 5.41) is 10.5. The van der Waals surface area contributed by atoms with Crippen molar-refractivity contribution in [3.05, 3.63) is 352 Å². The third-order valence-corrected chi connectivity index (χ3v) is 27.6. The van der Waals surface area contributed by atoms with Crippen molar-refractivity contribution in [1.29, 1.82) is 0 Å². The van der Waals surface area contributed by atoms with Crippen molar-refractivity contribution in [2.45, 2.75) is 118 Å². The second-order valence-corrected chi connectivity index (χ2v) is 37.2. The Bertz CT molecular complexity index is 6350. The number of carboxylic acid groups (broad SMARTS) is 1. The third-order valence-electron chi connectivity index (χ3n) is 24.7. The quantitative estimate of drug-likeness (QED) is 0.0197. The number of hydrogen-bond acceptors (Lipinski definition) is 25. The van der Waals surface area contributed by atoms with Crippen LogP contribution in [-0.2, 0) is 93.1 Å². The van der Waals surface area contributed by atoms with E-state index in [0.717, 1.165) is 89.4 Å². The molecule has 3 saturated heterocycles. The van der Waals surface area contributed by atoms with Gasteiger partial charge in [-0.15, -0.1) is 23.5 Å². The summed E-state index contributed by atoms with van der Waals surface area (Å²) in [6, 6.07) is 83.1. The zero-order valence-electron chi connectivity index (χ0n) is 82.2. The van der Waals surface area contributed by atoms with E-state index in [0.29, 0.717) is 63.8 Å². The predicted molar refractivity (Wildman–Crippen MR) is 537 cm³/mol. The number of amides is 4. The highest BCUT2D eigenvalue weighted by atomic mass is 32.2. The van der Waals surface area contributed by atoms with Gasteiger partial charge in [-0.1, -0.05) is 201 Å². The number of benzene rings is 11. The molecular formula is C112H116N4O24S2. The summed E-state index contributed by atoms with van der Waals surface area (Å²) in [6.07, 6.45) is 2.92. The summed E-state index contributed by atoms with van der Waals surface area (Å²) in [7, 11) is 16.7. The first-order valence-electron chi connectivity index (χ1n) is 45.1. The molecule has 0 bridgehead atoms. The van der Waals surface area contributed by atoms with Gasteiger partial charge in [0.15, 0.2) is 9.49 Å². The molecule has 5 heterocycles. The molecule has 6 unspecified atom stereocenters. The van der Waals surface area contributed by atoms with Gasteiger partial charge >= 0.3 is 35.8 Å². The fourth-order valence-corrected chi connectivity index (χ4v) is 20.3. The van der Waals surface area contributed by atoms with Gasteiger partial charge in [-0.2, -0.15) is 0 Å². The molecule has 16 rings (SSSR count). The molecule has 5 aliphatic rings. The molecule has 0 aliphatic carbocycles. The van der Waals surface area contributed by atoms with Crippen molar-refractivity contribution in [3.63, 3.8) is 0 Å². The molecule has 11 aromatic rings. The number of carboxylic acids is 1. The zero-order chi connectivity index (χ0) is 103. The van der Waals surface area contributed by atoms with Crippen molar-refractivity contribution < 1.29 is 115 Å². The molecule has 0 radical (unpaired) electrons. The van der Waals surface area contributed by atoms with Crippen LogP contribution in [0.4, 0.5) is 0 Å². The second kappa shape index (κ2) is 48.9. The average Bonchev–Trinajstić information content (AvgIpc) is 1.60. The van der Waals surface area contributed by atoms with Crippen LogP contribution in [0, 0.1) is 30.6 Å². The lowest BCUT2D eigenvalue weighted by molar-refractivity contribution is -0.151. The first-order chi connectivity index (χ1) is 68.2. The molecule has 5 aliphatic heterocycles. The number of methoxy groups -OCH3 is 11.